The fourth-order valence-electron chi connectivity index (χ4n) is 3.04. The van der Waals surface area contributed by atoms with Crippen LogP contribution in [0.4, 0.5) is 0 Å². The van der Waals surface area contributed by atoms with Crippen molar-refractivity contribution in [1.29, 1.82) is 0 Å². The van der Waals surface area contributed by atoms with Crippen molar-refractivity contribution in [3.05, 3.63) is 89.5 Å². The van der Waals surface area contributed by atoms with E-state index >= 15 is 0 Å². The van der Waals surface area contributed by atoms with E-state index in [1.165, 1.54) is 11.8 Å². The molecule has 7 nitrogen and oxygen atoms in total. The smallest absolute Gasteiger partial charge is 0.270 e. The second kappa shape index (κ2) is 10.0. The second-order valence-corrected chi connectivity index (χ2v) is 7.69. The van der Waals surface area contributed by atoms with Crippen molar-refractivity contribution < 1.29 is 18.7 Å². The van der Waals surface area contributed by atoms with Crippen LogP contribution in [0, 0.1) is 0 Å². The number of carbonyl (C=O) groups is 2. The minimum atomic E-state index is -0.417. The first-order valence-corrected chi connectivity index (χ1v) is 11.0. The number of benzene rings is 3. The Hall–Kier alpha value is -3.78. The normalized spacial score (nSPS) is 10.7. The van der Waals surface area contributed by atoms with Gasteiger partial charge in [-0.2, -0.15) is 0 Å². The zero-order valence-electron chi connectivity index (χ0n) is 17.3. The third-order valence-corrected chi connectivity index (χ3v) is 5.48. The van der Waals surface area contributed by atoms with Crippen LogP contribution in [0.2, 0.25) is 0 Å². The Morgan fingerprint density at radius 2 is 1.66 bits per heavy atom. The number of hydrogen-bond donors (Lipinski definition) is 2. The average molecular weight is 448 g/mol. The van der Waals surface area contributed by atoms with E-state index in [1.54, 1.807) is 36.4 Å². The highest BCUT2D eigenvalue weighted by molar-refractivity contribution is 7.98. The Kier molecular flexibility index (Phi) is 6.72. The van der Waals surface area contributed by atoms with Gasteiger partial charge in [-0.15, -0.1) is 0 Å². The number of para-hydroxylation sites is 2. The van der Waals surface area contributed by atoms with Gasteiger partial charge in [0.1, 0.15) is 11.3 Å². The Labute approximate surface area is 189 Å². The Bertz CT molecular complexity index is 1200. The molecule has 2 amide bonds. The zero-order valence-corrected chi connectivity index (χ0v) is 18.1. The molecule has 32 heavy (non-hydrogen) atoms. The van der Waals surface area contributed by atoms with Gasteiger partial charge in [0.2, 0.25) is 0 Å². The highest BCUT2D eigenvalue weighted by Gasteiger charge is 2.14. The first-order valence-electron chi connectivity index (χ1n) is 10.0. The fourth-order valence-corrected chi connectivity index (χ4v) is 3.88. The molecule has 0 aliphatic heterocycles. The summed E-state index contributed by atoms with van der Waals surface area (Å²) in [6.45, 7) is 2.44. The summed E-state index contributed by atoms with van der Waals surface area (Å²) in [6, 6.07) is 21.4. The maximum absolute atomic E-state index is 12.7. The van der Waals surface area contributed by atoms with Crippen molar-refractivity contribution >= 4 is 34.7 Å². The molecule has 0 saturated carbocycles. The van der Waals surface area contributed by atoms with Crippen molar-refractivity contribution in [2.45, 2.75) is 17.9 Å². The van der Waals surface area contributed by atoms with Gasteiger partial charge in [0.15, 0.2) is 5.58 Å². The highest BCUT2D eigenvalue weighted by atomic mass is 32.2. The lowest BCUT2D eigenvalue weighted by Crippen LogP contribution is -2.41. The van der Waals surface area contributed by atoms with Gasteiger partial charge in [0.25, 0.3) is 17.0 Å². The molecule has 0 fully saturated rings. The molecule has 0 spiro atoms. The standard InChI is InChI=1S/C24H21N3O4S/c1-2-30-18-13-11-16(12-14-18)22(28)26-27-23(29)19-8-4-3-7-17(19)15-32-24-25-20-9-5-6-10-21(20)31-24/h3-14H,2,15H2,1H3,(H,26,28)(H,27,29). The van der Waals surface area contributed by atoms with E-state index in [2.05, 4.69) is 15.8 Å². The second-order valence-electron chi connectivity index (χ2n) is 6.76. The molecule has 0 radical (unpaired) electrons. The van der Waals surface area contributed by atoms with Gasteiger partial charge in [0, 0.05) is 16.9 Å². The van der Waals surface area contributed by atoms with E-state index in [1.807, 2.05) is 43.3 Å². The summed E-state index contributed by atoms with van der Waals surface area (Å²) in [4.78, 5) is 29.5. The summed E-state index contributed by atoms with van der Waals surface area (Å²) in [6.07, 6.45) is 0. The number of fused-ring (bicyclic) bond motifs is 1. The molecule has 4 rings (SSSR count). The third-order valence-electron chi connectivity index (χ3n) is 4.60. The first-order chi connectivity index (χ1) is 15.6. The van der Waals surface area contributed by atoms with Crippen molar-refractivity contribution in [1.82, 2.24) is 15.8 Å². The van der Waals surface area contributed by atoms with Crippen molar-refractivity contribution in [3.63, 3.8) is 0 Å². The van der Waals surface area contributed by atoms with Gasteiger partial charge in [-0.1, -0.05) is 42.1 Å². The van der Waals surface area contributed by atoms with Crippen LogP contribution in [0.3, 0.4) is 0 Å². The van der Waals surface area contributed by atoms with Gasteiger partial charge in [0.05, 0.1) is 6.61 Å². The van der Waals surface area contributed by atoms with Crippen LogP contribution in [-0.2, 0) is 5.75 Å². The lowest BCUT2D eigenvalue weighted by atomic mass is 10.1. The van der Waals surface area contributed by atoms with Gasteiger partial charge in [-0.25, -0.2) is 4.98 Å². The number of hydrazine groups is 1. The molecule has 0 saturated heterocycles. The summed E-state index contributed by atoms with van der Waals surface area (Å²) in [5.41, 5.74) is 8.11. The molecule has 0 unspecified atom stereocenters. The third kappa shape index (κ3) is 5.09. The number of thioether (sulfide) groups is 1. The van der Waals surface area contributed by atoms with Crippen LogP contribution in [0.5, 0.6) is 5.75 Å². The first kappa shape index (κ1) is 21.5. The molecule has 0 aliphatic rings. The van der Waals surface area contributed by atoms with Crippen molar-refractivity contribution in [2.24, 2.45) is 0 Å². The SMILES string of the molecule is CCOc1ccc(C(=O)NNC(=O)c2ccccc2CSc2nc3ccccc3o2)cc1. The predicted molar refractivity (Wildman–Crippen MR) is 123 cm³/mol. The molecule has 162 valence electrons. The minimum Gasteiger partial charge on any atom is -0.494 e. The minimum absolute atomic E-state index is 0.405. The van der Waals surface area contributed by atoms with Gasteiger partial charge >= 0.3 is 0 Å². The number of ether oxygens (including phenoxy) is 1. The number of hydrogen-bond acceptors (Lipinski definition) is 6. The summed E-state index contributed by atoms with van der Waals surface area (Å²) in [5, 5.41) is 0.533. The Morgan fingerprint density at radius 1 is 0.938 bits per heavy atom. The number of aromatic nitrogens is 1. The molecule has 0 atom stereocenters. The molecular formula is C24H21N3O4S. The van der Waals surface area contributed by atoms with Crippen LogP contribution in [-0.4, -0.2) is 23.4 Å². The highest BCUT2D eigenvalue weighted by Crippen LogP contribution is 2.27. The summed E-state index contributed by atoms with van der Waals surface area (Å²) < 4.78 is 11.1. The van der Waals surface area contributed by atoms with Crippen molar-refractivity contribution in [3.8, 4) is 5.75 Å². The maximum atomic E-state index is 12.7. The number of carbonyl (C=O) groups excluding carboxylic acids is 2. The molecule has 8 heteroatoms. The average Bonchev–Trinajstić information content (AvgIpc) is 3.25. The molecule has 2 N–H and O–H groups in total. The Balaban J connectivity index is 1.38. The van der Waals surface area contributed by atoms with Crippen molar-refractivity contribution in [2.75, 3.05) is 6.61 Å². The molecule has 3 aromatic carbocycles. The topological polar surface area (TPSA) is 93.5 Å². The van der Waals surface area contributed by atoms with E-state index in [-0.39, 0.29) is 0 Å². The molecule has 1 aromatic heterocycles. The fraction of sp³-hybridized carbons (Fsp3) is 0.125. The van der Waals surface area contributed by atoms with Crippen LogP contribution in [0.1, 0.15) is 33.2 Å². The van der Waals surface area contributed by atoms with Gasteiger partial charge in [-0.05, 0) is 55.0 Å². The molecular weight excluding hydrogens is 426 g/mol. The summed E-state index contributed by atoms with van der Waals surface area (Å²) in [5.74, 6) is 0.347. The lowest BCUT2D eigenvalue weighted by Gasteiger charge is -2.11. The van der Waals surface area contributed by atoms with Crippen LogP contribution < -0.4 is 15.6 Å². The zero-order chi connectivity index (χ0) is 22.3. The summed E-state index contributed by atoms with van der Waals surface area (Å²) in [7, 11) is 0. The van der Waals surface area contributed by atoms with Crippen LogP contribution in [0.25, 0.3) is 11.1 Å². The summed E-state index contributed by atoms with van der Waals surface area (Å²) >= 11 is 1.40. The predicted octanol–water partition coefficient (Wildman–Crippen LogP) is 4.59. The maximum Gasteiger partial charge on any atom is 0.270 e. The number of nitrogens with zero attached hydrogens (tertiary/aromatic N) is 1. The number of oxazole rings is 1. The quantitative estimate of drug-likeness (QED) is 0.318. The molecule has 1 heterocycles. The molecule has 0 aliphatic carbocycles. The molecule has 0 bridgehead atoms. The molecule has 4 aromatic rings. The van der Waals surface area contributed by atoms with E-state index < -0.39 is 11.8 Å². The largest absolute Gasteiger partial charge is 0.494 e. The van der Waals surface area contributed by atoms with Gasteiger partial charge < -0.3 is 9.15 Å². The van der Waals surface area contributed by atoms with Crippen LogP contribution >= 0.6 is 11.8 Å². The Morgan fingerprint density at radius 3 is 2.44 bits per heavy atom. The number of nitrogens with one attached hydrogen (secondary N) is 2. The number of amides is 2. The van der Waals surface area contributed by atoms with E-state index in [0.717, 1.165) is 16.7 Å². The number of rotatable bonds is 7. The lowest BCUT2D eigenvalue weighted by molar-refractivity contribution is 0.0846. The van der Waals surface area contributed by atoms with Crippen LogP contribution in [0.15, 0.2) is 82.4 Å². The van der Waals surface area contributed by atoms with E-state index in [0.29, 0.717) is 34.5 Å². The monoisotopic (exact) mass is 447 g/mol. The van der Waals surface area contributed by atoms with E-state index in [4.69, 9.17) is 9.15 Å². The van der Waals surface area contributed by atoms with Gasteiger partial charge in [-0.3, -0.25) is 20.4 Å². The van der Waals surface area contributed by atoms with E-state index in [9.17, 15) is 9.59 Å².